The summed E-state index contributed by atoms with van der Waals surface area (Å²) in [6.07, 6.45) is -3.21. The van der Waals surface area contributed by atoms with Crippen molar-refractivity contribution in [2.45, 2.75) is 31.3 Å². The van der Waals surface area contributed by atoms with Crippen molar-refractivity contribution >= 4 is 21.4 Å². The van der Waals surface area contributed by atoms with E-state index in [1.54, 1.807) is 0 Å². The summed E-state index contributed by atoms with van der Waals surface area (Å²) in [7, 11) is -4.17. The number of allylic oxidation sites excluding steroid dienone is 3. The minimum absolute atomic E-state index is 0.176. The first-order valence-electron chi connectivity index (χ1n) is 8.16. The number of rotatable bonds is 5. The molecule has 0 spiro atoms. The molecule has 29 heavy (non-hydrogen) atoms. The third kappa shape index (κ3) is 5.42. The summed E-state index contributed by atoms with van der Waals surface area (Å²) >= 11 is 0. The zero-order valence-electron chi connectivity index (χ0n) is 15.0. The van der Waals surface area contributed by atoms with Crippen molar-refractivity contribution in [3.63, 3.8) is 0 Å². The second-order valence-electron chi connectivity index (χ2n) is 6.57. The van der Waals surface area contributed by atoms with E-state index in [1.165, 1.54) is 6.07 Å². The second-order valence-corrected chi connectivity index (χ2v) is 8.56. The Morgan fingerprint density at radius 3 is 2.55 bits per heavy atom. The van der Waals surface area contributed by atoms with Crippen LogP contribution in [0.3, 0.4) is 0 Å². The first-order chi connectivity index (χ1) is 13.3. The maximum atomic E-state index is 13.1. The summed E-state index contributed by atoms with van der Waals surface area (Å²) in [4.78, 5) is 12.0. The van der Waals surface area contributed by atoms with E-state index in [0.717, 1.165) is 37.3 Å². The Morgan fingerprint density at radius 1 is 1.38 bits per heavy atom. The molecule has 2 atom stereocenters. The van der Waals surface area contributed by atoms with Gasteiger partial charge in [0.1, 0.15) is 6.17 Å². The van der Waals surface area contributed by atoms with Crippen LogP contribution < -0.4 is 5.32 Å². The van der Waals surface area contributed by atoms with Crippen LogP contribution in [-0.4, -0.2) is 37.0 Å². The molecule has 1 amide bonds. The number of alkyl halides is 4. The van der Waals surface area contributed by atoms with Gasteiger partial charge in [-0.3, -0.25) is 4.79 Å². The molecule has 6 nitrogen and oxygen atoms in total. The monoisotopic (exact) mass is 432 g/mol. The Balaban J connectivity index is 2.22. The number of benzene rings is 1. The summed E-state index contributed by atoms with van der Waals surface area (Å²) in [6.45, 7) is 0.888. The summed E-state index contributed by atoms with van der Waals surface area (Å²) in [5, 5.41) is 21.1. The van der Waals surface area contributed by atoms with Gasteiger partial charge in [0.15, 0.2) is 15.4 Å². The molecule has 0 saturated heterocycles. The molecule has 2 N–H and O–H groups in total. The highest BCUT2D eigenvalue weighted by Crippen LogP contribution is 2.33. The van der Waals surface area contributed by atoms with Crippen molar-refractivity contribution < 1.29 is 35.9 Å². The van der Waals surface area contributed by atoms with Crippen LogP contribution in [0.1, 0.15) is 24.5 Å². The van der Waals surface area contributed by atoms with Gasteiger partial charge in [0.25, 0.3) is 5.91 Å². The van der Waals surface area contributed by atoms with Crippen LogP contribution in [0, 0.1) is 11.3 Å². The number of nitriles is 1. The molecule has 1 aliphatic carbocycles. The highest BCUT2D eigenvalue weighted by atomic mass is 32.2. The number of nitrogens with zero attached hydrogens (tertiary/aromatic N) is 1. The largest absolute Gasteiger partial charge is 0.417 e. The van der Waals surface area contributed by atoms with Gasteiger partial charge in [-0.05, 0) is 37.3 Å². The van der Waals surface area contributed by atoms with E-state index >= 15 is 0 Å². The van der Waals surface area contributed by atoms with E-state index in [1.807, 2.05) is 5.32 Å². The second kappa shape index (κ2) is 7.96. The van der Waals surface area contributed by atoms with Crippen LogP contribution in [-0.2, 0) is 20.8 Å². The summed E-state index contributed by atoms with van der Waals surface area (Å²) in [5.41, 5.74) is -4.82. The Labute approximate surface area is 164 Å². The molecule has 2 unspecified atom stereocenters. The minimum atomic E-state index is -4.86. The molecule has 11 heteroatoms. The zero-order valence-corrected chi connectivity index (χ0v) is 15.8. The van der Waals surface area contributed by atoms with E-state index in [0.29, 0.717) is 6.07 Å². The van der Waals surface area contributed by atoms with Gasteiger partial charge in [-0.25, -0.2) is 12.8 Å². The normalized spacial score (nSPS) is 19.1. The first kappa shape index (κ1) is 22.6. The highest BCUT2D eigenvalue weighted by Gasteiger charge is 2.38. The van der Waals surface area contributed by atoms with Crippen molar-refractivity contribution in [3.05, 3.63) is 52.5 Å². The zero-order chi connectivity index (χ0) is 22.0. The van der Waals surface area contributed by atoms with Gasteiger partial charge in [-0.15, -0.1) is 0 Å². The highest BCUT2D eigenvalue weighted by molar-refractivity contribution is 7.95. The fourth-order valence-electron chi connectivity index (χ4n) is 2.54. The molecule has 156 valence electrons. The number of aliphatic hydroxyl groups is 1. The summed E-state index contributed by atoms with van der Waals surface area (Å²) in [5.74, 6) is -2.33. The lowest BCUT2D eigenvalue weighted by Crippen LogP contribution is -2.46. The molecule has 0 radical (unpaired) electrons. The average Bonchev–Trinajstić information content (AvgIpc) is 2.60. The topological polar surface area (TPSA) is 107 Å². The fraction of sp³-hybridized carbons (Fsp3) is 0.333. The molecule has 0 aromatic heterocycles. The Morgan fingerprint density at radius 2 is 2.03 bits per heavy atom. The predicted molar refractivity (Wildman–Crippen MR) is 95.9 cm³/mol. The lowest BCUT2D eigenvalue weighted by molar-refractivity contribution is -0.137. The van der Waals surface area contributed by atoms with Crippen LogP contribution in [0.2, 0.25) is 0 Å². The van der Waals surface area contributed by atoms with Crippen LogP contribution in [0.25, 0.3) is 0 Å². The first-order valence-corrected chi connectivity index (χ1v) is 9.82. The molecule has 2 rings (SSSR count). The van der Waals surface area contributed by atoms with Gasteiger partial charge in [0.2, 0.25) is 0 Å². The van der Waals surface area contributed by atoms with Crippen LogP contribution in [0.15, 0.2) is 41.3 Å². The maximum absolute atomic E-state index is 13.1. The molecular weight excluding hydrogens is 416 g/mol. The van der Waals surface area contributed by atoms with Crippen molar-refractivity contribution in [2.75, 3.05) is 11.1 Å². The van der Waals surface area contributed by atoms with E-state index in [2.05, 4.69) is 0 Å². The van der Waals surface area contributed by atoms with Gasteiger partial charge in [0.05, 0.1) is 27.9 Å². The molecule has 1 aromatic carbocycles. The number of hydrogen-bond donors (Lipinski definition) is 2. The molecule has 0 fully saturated rings. The van der Waals surface area contributed by atoms with E-state index < -0.39 is 50.6 Å². The Kier molecular flexibility index (Phi) is 6.20. The smallest absolute Gasteiger partial charge is 0.379 e. The predicted octanol–water partition coefficient (Wildman–Crippen LogP) is 2.86. The minimum Gasteiger partial charge on any atom is -0.379 e. The van der Waals surface area contributed by atoms with Crippen molar-refractivity contribution in [1.29, 1.82) is 5.26 Å². The molecule has 0 saturated carbocycles. The van der Waals surface area contributed by atoms with Crippen molar-refractivity contribution in [1.82, 2.24) is 0 Å². The summed E-state index contributed by atoms with van der Waals surface area (Å²) < 4.78 is 76.9. The molecule has 1 aromatic rings. The number of hydrogen-bond acceptors (Lipinski definition) is 5. The number of carbonyl (C=O) groups is 1. The van der Waals surface area contributed by atoms with E-state index in [-0.39, 0.29) is 17.0 Å². The Hall–Kier alpha value is -2.71. The van der Waals surface area contributed by atoms with Gasteiger partial charge < -0.3 is 10.4 Å². The van der Waals surface area contributed by atoms with E-state index in [4.69, 9.17) is 5.26 Å². The van der Waals surface area contributed by atoms with E-state index in [9.17, 15) is 35.9 Å². The van der Waals surface area contributed by atoms with Gasteiger partial charge in [-0.1, -0.05) is 6.08 Å². The number of carbonyl (C=O) groups excluding carboxylic acids is 1. The molecule has 0 bridgehead atoms. The molecule has 1 aliphatic rings. The molecule has 0 aliphatic heterocycles. The standard InChI is InChI=1S/C18H16F4N2O4S/c1-17(26,10-29(27,28)14-6-3-12(19)4-7-14)16(25)24-13-5-2-11(9-23)15(8-13)18(20,21)22/h2-3,5-8,12,26H,4,10H2,1H3,(H,24,25). The van der Waals surface area contributed by atoms with Gasteiger partial charge >= 0.3 is 6.18 Å². The summed E-state index contributed by atoms with van der Waals surface area (Å²) in [6, 6.07) is 3.75. The Bertz CT molecular complexity index is 1020. The number of anilines is 1. The SMILES string of the molecule is CC(O)(CS(=O)(=O)C1=CCC(F)C=C1)C(=O)Nc1ccc(C#N)c(C(F)(F)F)c1. The van der Waals surface area contributed by atoms with Crippen molar-refractivity contribution in [3.8, 4) is 6.07 Å². The molecule has 0 heterocycles. The lowest BCUT2D eigenvalue weighted by Gasteiger charge is -2.23. The third-order valence-corrected chi connectivity index (χ3v) is 6.00. The van der Waals surface area contributed by atoms with Crippen molar-refractivity contribution in [2.24, 2.45) is 0 Å². The lowest BCUT2D eigenvalue weighted by atomic mass is 10.1. The van der Waals surface area contributed by atoms with Gasteiger partial charge in [0, 0.05) is 12.1 Å². The van der Waals surface area contributed by atoms with Crippen LogP contribution in [0.4, 0.5) is 23.2 Å². The number of amides is 1. The van der Waals surface area contributed by atoms with Gasteiger partial charge in [-0.2, -0.15) is 18.4 Å². The fourth-order valence-corrected chi connectivity index (χ4v) is 4.22. The number of halogens is 4. The molecular formula is C18H16F4N2O4S. The maximum Gasteiger partial charge on any atom is 0.417 e. The van der Waals surface area contributed by atoms with Crippen LogP contribution >= 0.6 is 0 Å². The third-order valence-electron chi connectivity index (χ3n) is 4.04. The average molecular weight is 432 g/mol. The quantitative estimate of drug-likeness (QED) is 0.696. The van der Waals surface area contributed by atoms with Crippen LogP contribution in [0.5, 0.6) is 0 Å². The number of nitrogens with one attached hydrogen (secondary N) is 1. The number of sulfone groups is 1.